The molecule has 3 rings (SSSR count). The van der Waals surface area contributed by atoms with Crippen molar-refractivity contribution in [1.82, 2.24) is 19.3 Å². The van der Waals surface area contributed by atoms with Gasteiger partial charge in [-0.2, -0.15) is 5.10 Å². The molecule has 0 N–H and O–H groups in total. The Balaban J connectivity index is 1.92. The third kappa shape index (κ3) is 2.70. The van der Waals surface area contributed by atoms with E-state index in [9.17, 15) is 0 Å². The lowest BCUT2D eigenvalue weighted by Crippen LogP contribution is -2.00. The van der Waals surface area contributed by atoms with Gasteiger partial charge >= 0.3 is 0 Å². The minimum absolute atomic E-state index is 0.787. The topological polar surface area (TPSA) is 35.6 Å². The second kappa shape index (κ2) is 5.16. The van der Waals surface area contributed by atoms with Crippen LogP contribution in [0.3, 0.4) is 0 Å². The zero-order chi connectivity index (χ0) is 13.2. The monoisotopic (exact) mass is 364 g/mol. The lowest BCUT2D eigenvalue weighted by Gasteiger charge is -2.06. The van der Waals surface area contributed by atoms with Gasteiger partial charge in [0.05, 0.1) is 12.7 Å². The van der Waals surface area contributed by atoms with Crippen molar-refractivity contribution in [2.75, 3.05) is 0 Å². The maximum Gasteiger partial charge on any atom is 0.140 e. The van der Waals surface area contributed by atoms with Crippen molar-refractivity contribution in [3.63, 3.8) is 0 Å². The number of aromatic nitrogens is 4. The quantitative estimate of drug-likeness (QED) is 0.670. The number of hydrogen-bond acceptors (Lipinski definition) is 2. The van der Waals surface area contributed by atoms with Crippen LogP contribution in [0.4, 0.5) is 0 Å². The van der Waals surface area contributed by atoms with Crippen molar-refractivity contribution < 1.29 is 0 Å². The summed E-state index contributed by atoms with van der Waals surface area (Å²) in [6.45, 7) is 0.787. The number of rotatable bonds is 3. The molecule has 0 aliphatic heterocycles. The van der Waals surface area contributed by atoms with E-state index in [2.05, 4.69) is 61.5 Å². The van der Waals surface area contributed by atoms with E-state index in [0.29, 0.717) is 0 Å². The van der Waals surface area contributed by atoms with Crippen molar-refractivity contribution in [2.24, 2.45) is 7.05 Å². The summed E-state index contributed by atoms with van der Waals surface area (Å²) in [7, 11) is 1.93. The Bertz CT molecular complexity index is 682. The third-order valence-corrected chi connectivity index (χ3v) is 3.65. The Hall–Kier alpha value is -1.63. The molecule has 0 atom stereocenters. The van der Waals surface area contributed by atoms with Gasteiger partial charge in [0.1, 0.15) is 5.82 Å². The lowest BCUT2D eigenvalue weighted by molar-refractivity contribution is 0.763. The first-order valence-corrected chi connectivity index (χ1v) is 7.05. The molecule has 96 valence electrons. The molecule has 0 aliphatic carbocycles. The Morgan fingerprint density at radius 2 is 2.00 bits per heavy atom. The van der Waals surface area contributed by atoms with Gasteiger partial charge in [0, 0.05) is 40.3 Å². The summed E-state index contributed by atoms with van der Waals surface area (Å²) in [5.74, 6) is 0.986. The van der Waals surface area contributed by atoms with E-state index >= 15 is 0 Å². The first-order chi connectivity index (χ1) is 9.22. The van der Waals surface area contributed by atoms with Gasteiger partial charge in [0.2, 0.25) is 0 Å². The zero-order valence-corrected chi connectivity index (χ0v) is 12.7. The highest BCUT2D eigenvalue weighted by Crippen LogP contribution is 2.19. The molecule has 0 radical (unpaired) electrons. The van der Waals surface area contributed by atoms with Gasteiger partial charge in [-0.15, -0.1) is 0 Å². The number of halogens is 1. The molecule has 4 nitrogen and oxygen atoms in total. The first-order valence-electron chi connectivity index (χ1n) is 5.97. The van der Waals surface area contributed by atoms with Gasteiger partial charge in [-0.3, -0.25) is 4.68 Å². The summed E-state index contributed by atoms with van der Waals surface area (Å²) in [5.41, 5.74) is 2.31. The first kappa shape index (κ1) is 12.4. The molecule has 0 unspecified atom stereocenters. The van der Waals surface area contributed by atoms with Crippen LogP contribution in [-0.4, -0.2) is 19.3 Å². The van der Waals surface area contributed by atoms with E-state index in [1.807, 2.05) is 36.5 Å². The van der Waals surface area contributed by atoms with E-state index in [4.69, 9.17) is 0 Å². The molecule has 2 aromatic heterocycles. The highest BCUT2D eigenvalue weighted by atomic mass is 127. The average molecular weight is 364 g/mol. The van der Waals surface area contributed by atoms with Crippen molar-refractivity contribution in [1.29, 1.82) is 0 Å². The van der Waals surface area contributed by atoms with E-state index < -0.39 is 0 Å². The third-order valence-electron chi connectivity index (χ3n) is 2.93. The summed E-state index contributed by atoms with van der Waals surface area (Å²) in [6, 6.07) is 8.39. The summed E-state index contributed by atoms with van der Waals surface area (Å²) in [5, 5.41) is 4.19. The number of aryl methyl sites for hydroxylation is 1. The Morgan fingerprint density at radius 3 is 2.68 bits per heavy atom. The van der Waals surface area contributed by atoms with Crippen molar-refractivity contribution in [3.05, 3.63) is 58.2 Å². The second-order valence-electron chi connectivity index (χ2n) is 4.41. The molecular weight excluding hydrogens is 351 g/mol. The Kier molecular flexibility index (Phi) is 3.37. The molecule has 0 spiro atoms. The van der Waals surface area contributed by atoms with Crippen molar-refractivity contribution in [2.45, 2.75) is 6.54 Å². The van der Waals surface area contributed by atoms with Crippen LogP contribution in [0, 0.1) is 3.57 Å². The summed E-state index contributed by atoms with van der Waals surface area (Å²) in [6.07, 6.45) is 7.75. The highest BCUT2D eigenvalue weighted by molar-refractivity contribution is 14.1. The zero-order valence-electron chi connectivity index (χ0n) is 10.5. The Labute approximate surface area is 125 Å². The maximum absolute atomic E-state index is 4.45. The summed E-state index contributed by atoms with van der Waals surface area (Å²) < 4.78 is 5.18. The van der Waals surface area contributed by atoms with E-state index in [1.165, 1.54) is 9.13 Å². The second-order valence-corrected chi connectivity index (χ2v) is 5.65. The predicted molar refractivity (Wildman–Crippen MR) is 82.7 cm³/mol. The predicted octanol–water partition coefficient (Wildman–Crippen LogP) is 2.94. The maximum atomic E-state index is 4.45. The van der Waals surface area contributed by atoms with E-state index in [1.54, 1.807) is 0 Å². The van der Waals surface area contributed by atoms with Crippen LogP contribution in [0.25, 0.3) is 11.4 Å². The molecule has 3 aromatic rings. The average Bonchev–Trinajstić information content (AvgIpc) is 3.00. The molecule has 0 saturated carbocycles. The number of benzene rings is 1. The molecule has 19 heavy (non-hydrogen) atoms. The van der Waals surface area contributed by atoms with Crippen LogP contribution in [0.5, 0.6) is 0 Å². The fraction of sp³-hybridized carbons (Fsp3) is 0.143. The van der Waals surface area contributed by atoms with Gasteiger partial charge < -0.3 is 4.57 Å². The molecule has 1 aromatic carbocycles. The van der Waals surface area contributed by atoms with Gasteiger partial charge in [0.25, 0.3) is 0 Å². The summed E-state index contributed by atoms with van der Waals surface area (Å²) in [4.78, 5) is 4.45. The molecule has 0 fully saturated rings. The van der Waals surface area contributed by atoms with Crippen molar-refractivity contribution >= 4 is 22.6 Å². The fourth-order valence-corrected chi connectivity index (χ4v) is 2.41. The van der Waals surface area contributed by atoms with Gasteiger partial charge in [-0.25, -0.2) is 4.98 Å². The van der Waals surface area contributed by atoms with Crippen LogP contribution in [0.2, 0.25) is 0 Å². The Morgan fingerprint density at radius 1 is 1.21 bits per heavy atom. The van der Waals surface area contributed by atoms with E-state index in [-0.39, 0.29) is 0 Å². The van der Waals surface area contributed by atoms with Crippen LogP contribution < -0.4 is 0 Å². The minimum atomic E-state index is 0.787. The largest absolute Gasteiger partial charge is 0.326 e. The molecule has 5 heteroatoms. The fourth-order valence-electron chi connectivity index (χ4n) is 2.05. The normalized spacial score (nSPS) is 10.8. The van der Waals surface area contributed by atoms with Gasteiger partial charge in [-0.05, 0) is 34.7 Å². The van der Waals surface area contributed by atoms with E-state index in [0.717, 1.165) is 17.9 Å². The van der Waals surface area contributed by atoms with Gasteiger partial charge in [-0.1, -0.05) is 12.1 Å². The van der Waals surface area contributed by atoms with Crippen molar-refractivity contribution in [3.8, 4) is 11.4 Å². The molecule has 0 aliphatic rings. The molecule has 0 amide bonds. The van der Waals surface area contributed by atoms with Crippen LogP contribution in [-0.2, 0) is 13.6 Å². The molecular formula is C14H13IN4. The van der Waals surface area contributed by atoms with Crippen LogP contribution in [0.1, 0.15) is 5.56 Å². The highest BCUT2D eigenvalue weighted by Gasteiger charge is 2.07. The smallest absolute Gasteiger partial charge is 0.140 e. The standard InChI is InChI=1S/C14H13IN4/c1-18-9-11(8-17-18)10-19-7-6-16-14(19)12-2-4-13(15)5-3-12/h2-9H,10H2,1H3. The SMILES string of the molecule is Cn1cc(Cn2ccnc2-c2ccc(I)cc2)cn1. The molecule has 0 bridgehead atoms. The number of imidazole rings is 1. The number of nitrogens with zero attached hydrogens (tertiary/aromatic N) is 4. The lowest BCUT2D eigenvalue weighted by atomic mass is 10.2. The minimum Gasteiger partial charge on any atom is -0.326 e. The summed E-state index contributed by atoms with van der Waals surface area (Å²) >= 11 is 2.31. The molecule has 2 heterocycles. The number of hydrogen-bond donors (Lipinski definition) is 0. The van der Waals surface area contributed by atoms with Crippen LogP contribution >= 0.6 is 22.6 Å². The molecule has 0 saturated heterocycles. The van der Waals surface area contributed by atoms with Gasteiger partial charge in [0.15, 0.2) is 0 Å². The van der Waals surface area contributed by atoms with Crippen LogP contribution in [0.15, 0.2) is 49.1 Å².